The molecule has 0 fully saturated rings. The Morgan fingerprint density at radius 2 is 1.39 bits per heavy atom. The lowest BCUT2D eigenvalue weighted by Crippen LogP contribution is -2.36. The van der Waals surface area contributed by atoms with Crippen molar-refractivity contribution in [2.45, 2.75) is 24.8 Å². The molecule has 0 aliphatic carbocycles. The lowest BCUT2D eigenvalue weighted by atomic mass is 9.93. The number of anilines is 1. The van der Waals surface area contributed by atoms with Gasteiger partial charge in [-0.1, -0.05) is 84.4 Å². The zero-order valence-corrected chi connectivity index (χ0v) is 20.9. The zero-order valence-electron chi connectivity index (χ0n) is 20.0. The average molecular weight is 492 g/mol. The fourth-order valence-electron chi connectivity index (χ4n) is 4.85. The van der Waals surface area contributed by atoms with E-state index in [2.05, 4.69) is 0 Å². The Balaban J connectivity index is 1.69. The van der Waals surface area contributed by atoms with Crippen LogP contribution in [0.15, 0.2) is 119 Å². The molecule has 36 heavy (non-hydrogen) atoms. The Morgan fingerprint density at radius 3 is 2.08 bits per heavy atom. The molecule has 2 heterocycles. The molecule has 0 saturated carbocycles. The summed E-state index contributed by atoms with van der Waals surface area (Å²) in [6.07, 6.45) is 2.01. The Morgan fingerprint density at radius 1 is 0.750 bits per heavy atom. The molecule has 5 aromatic rings. The van der Waals surface area contributed by atoms with E-state index >= 15 is 0 Å². The van der Waals surface area contributed by atoms with Gasteiger partial charge in [-0.3, -0.25) is 4.31 Å². The first-order valence-electron chi connectivity index (χ1n) is 11.9. The second-order valence-electron chi connectivity index (χ2n) is 9.20. The van der Waals surface area contributed by atoms with Crippen molar-refractivity contribution in [1.29, 1.82) is 0 Å². The number of aryl methyl sites for hydroxylation is 2. The summed E-state index contributed by atoms with van der Waals surface area (Å²) in [6, 6.07) is 32.1. The number of nitrogens with zero attached hydrogens (tertiary/aromatic N) is 1. The molecule has 1 unspecified atom stereocenters. The molecule has 0 radical (unpaired) electrons. The topological polar surface area (TPSA) is 50.5 Å². The summed E-state index contributed by atoms with van der Waals surface area (Å²) in [6.45, 7) is 3.95. The molecule has 1 atom stereocenters. The summed E-state index contributed by atoms with van der Waals surface area (Å²) in [7, 11) is -3.94. The van der Waals surface area contributed by atoms with Crippen molar-refractivity contribution in [3.8, 4) is 0 Å². The highest BCUT2D eigenvalue weighted by Gasteiger charge is 2.40. The van der Waals surface area contributed by atoms with Gasteiger partial charge in [0.05, 0.1) is 10.9 Å². The highest BCUT2D eigenvalue weighted by Crippen LogP contribution is 2.50. The Labute approximate surface area is 211 Å². The van der Waals surface area contributed by atoms with Gasteiger partial charge in [0.25, 0.3) is 10.0 Å². The average Bonchev–Trinajstić information content (AvgIpc) is 3.27. The number of hydrogen-bond acceptors (Lipinski definition) is 3. The molecule has 4 aromatic carbocycles. The van der Waals surface area contributed by atoms with Gasteiger partial charge in [0.15, 0.2) is 5.76 Å². The summed E-state index contributed by atoms with van der Waals surface area (Å²) in [5, 5.41) is 0.772. The van der Waals surface area contributed by atoms with Crippen LogP contribution in [0.4, 0.5) is 5.69 Å². The maximum Gasteiger partial charge on any atom is 0.265 e. The van der Waals surface area contributed by atoms with Crippen molar-refractivity contribution in [2.24, 2.45) is 0 Å². The molecule has 1 aliphatic rings. The van der Waals surface area contributed by atoms with Crippen LogP contribution in [0.25, 0.3) is 16.5 Å². The molecule has 178 valence electrons. The predicted octanol–water partition coefficient (Wildman–Crippen LogP) is 7.43. The highest BCUT2D eigenvalue weighted by atomic mass is 32.2. The summed E-state index contributed by atoms with van der Waals surface area (Å²) >= 11 is 0. The standard InChI is InChI=1S/C31H25NO3S/c1-21-13-16-25(17-14-21)36(33,34)32-28(24-11-7-4-8-12-24)20-27(23-9-5-3-6-10-23)31-30(32)26-18-15-22(2)19-29(26)35-31/h3-20,28H,1-2H3. The van der Waals surface area contributed by atoms with Crippen molar-refractivity contribution in [2.75, 3.05) is 4.31 Å². The van der Waals surface area contributed by atoms with E-state index < -0.39 is 16.1 Å². The maximum absolute atomic E-state index is 14.4. The van der Waals surface area contributed by atoms with Crippen LogP contribution in [0, 0.1) is 13.8 Å². The van der Waals surface area contributed by atoms with E-state index in [9.17, 15) is 8.42 Å². The van der Waals surface area contributed by atoms with Gasteiger partial charge in [-0.2, -0.15) is 0 Å². The Hall–Kier alpha value is -4.09. The number of benzene rings is 4. The number of hydrogen-bond donors (Lipinski definition) is 0. The van der Waals surface area contributed by atoms with E-state index in [4.69, 9.17) is 4.42 Å². The summed E-state index contributed by atoms with van der Waals surface area (Å²) < 4.78 is 36.7. The van der Waals surface area contributed by atoms with Crippen molar-refractivity contribution < 1.29 is 12.8 Å². The van der Waals surface area contributed by atoms with Gasteiger partial charge in [-0.05, 0) is 60.9 Å². The molecule has 1 aliphatic heterocycles. The maximum atomic E-state index is 14.4. The highest BCUT2D eigenvalue weighted by molar-refractivity contribution is 7.92. The van der Waals surface area contributed by atoms with Crippen LogP contribution in [-0.2, 0) is 10.0 Å². The van der Waals surface area contributed by atoms with Gasteiger partial charge in [0, 0.05) is 11.0 Å². The van der Waals surface area contributed by atoms with E-state index in [0.29, 0.717) is 17.0 Å². The predicted molar refractivity (Wildman–Crippen MR) is 144 cm³/mol. The minimum absolute atomic E-state index is 0.248. The first-order chi connectivity index (χ1) is 17.4. The van der Waals surface area contributed by atoms with Crippen LogP contribution >= 0.6 is 0 Å². The third-order valence-corrected chi connectivity index (χ3v) is 8.46. The molecular formula is C31H25NO3S. The minimum atomic E-state index is -3.94. The lowest BCUT2D eigenvalue weighted by Gasteiger charge is -2.35. The van der Waals surface area contributed by atoms with Gasteiger partial charge in [-0.15, -0.1) is 0 Å². The fraction of sp³-hybridized carbons (Fsp3) is 0.0968. The fourth-order valence-corrected chi connectivity index (χ4v) is 6.46. The van der Waals surface area contributed by atoms with Gasteiger partial charge in [0.1, 0.15) is 11.3 Å². The molecule has 6 rings (SSSR count). The second kappa shape index (κ2) is 8.54. The Kier molecular flexibility index (Phi) is 5.31. The van der Waals surface area contributed by atoms with Crippen LogP contribution in [0.3, 0.4) is 0 Å². The van der Waals surface area contributed by atoms with E-state index in [1.165, 1.54) is 4.31 Å². The lowest BCUT2D eigenvalue weighted by molar-refractivity contribution is 0.576. The molecule has 0 amide bonds. The molecule has 0 bridgehead atoms. The van der Waals surface area contributed by atoms with Crippen LogP contribution in [0.2, 0.25) is 0 Å². The molecular weight excluding hydrogens is 466 g/mol. The van der Waals surface area contributed by atoms with Crippen molar-refractivity contribution >= 4 is 32.3 Å². The summed E-state index contributed by atoms with van der Waals surface area (Å²) in [4.78, 5) is 0.248. The van der Waals surface area contributed by atoms with Crippen molar-refractivity contribution in [3.05, 3.63) is 137 Å². The first-order valence-corrected chi connectivity index (χ1v) is 13.3. The number of furan rings is 1. The van der Waals surface area contributed by atoms with Gasteiger partial charge < -0.3 is 4.42 Å². The van der Waals surface area contributed by atoms with Crippen LogP contribution in [0.1, 0.15) is 34.1 Å². The first kappa shape index (κ1) is 22.4. The number of sulfonamides is 1. The van der Waals surface area contributed by atoms with Crippen LogP contribution < -0.4 is 4.31 Å². The van der Waals surface area contributed by atoms with Crippen molar-refractivity contribution in [1.82, 2.24) is 0 Å². The van der Waals surface area contributed by atoms with Crippen LogP contribution in [0.5, 0.6) is 0 Å². The molecule has 0 N–H and O–H groups in total. The minimum Gasteiger partial charge on any atom is -0.454 e. The van der Waals surface area contributed by atoms with E-state index in [0.717, 1.165) is 33.2 Å². The van der Waals surface area contributed by atoms with Crippen LogP contribution in [-0.4, -0.2) is 8.42 Å². The van der Waals surface area contributed by atoms with Gasteiger partial charge in [-0.25, -0.2) is 8.42 Å². The summed E-state index contributed by atoms with van der Waals surface area (Å²) in [5.41, 5.74) is 6.02. The third-order valence-electron chi connectivity index (χ3n) is 6.67. The monoisotopic (exact) mass is 491 g/mol. The number of rotatable bonds is 4. The second-order valence-corrected chi connectivity index (χ2v) is 11.0. The van der Waals surface area contributed by atoms with Gasteiger partial charge >= 0.3 is 0 Å². The van der Waals surface area contributed by atoms with E-state index in [-0.39, 0.29) is 4.90 Å². The quantitative estimate of drug-likeness (QED) is 0.263. The molecule has 4 nitrogen and oxygen atoms in total. The van der Waals surface area contributed by atoms with E-state index in [1.807, 2.05) is 111 Å². The number of fused-ring (bicyclic) bond motifs is 3. The molecule has 0 spiro atoms. The van der Waals surface area contributed by atoms with Crippen molar-refractivity contribution in [3.63, 3.8) is 0 Å². The summed E-state index contributed by atoms with van der Waals surface area (Å²) in [5.74, 6) is 0.560. The smallest absolute Gasteiger partial charge is 0.265 e. The van der Waals surface area contributed by atoms with Gasteiger partial charge in [0.2, 0.25) is 0 Å². The van der Waals surface area contributed by atoms with E-state index in [1.54, 1.807) is 12.1 Å². The third kappa shape index (κ3) is 3.64. The molecule has 0 saturated heterocycles. The largest absolute Gasteiger partial charge is 0.454 e. The normalized spacial score (nSPS) is 15.6. The Bertz CT molecular complexity index is 1700. The molecule has 5 heteroatoms. The SMILES string of the molecule is Cc1ccc(S(=O)(=O)N2c3c(oc4cc(C)ccc34)C(c3ccccc3)=CC2c2ccccc2)cc1. The molecule has 1 aromatic heterocycles. The zero-order chi connectivity index (χ0) is 24.9.